The molecule has 0 bridgehead atoms. The van der Waals surface area contributed by atoms with Crippen LogP contribution in [0.2, 0.25) is 0 Å². The molecule has 1 N–H and O–H groups in total. The highest BCUT2D eigenvalue weighted by Crippen LogP contribution is 2.25. The van der Waals surface area contributed by atoms with E-state index in [1.165, 1.54) is 5.56 Å². The molecule has 4 rings (SSSR count). The van der Waals surface area contributed by atoms with Crippen LogP contribution in [0.25, 0.3) is 0 Å². The summed E-state index contributed by atoms with van der Waals surface area (Å²) in [5.41, 5.74) is 4.34. The molecule has 2 aliphatic rings. The summed E-state index contributed by atoms with van der Waals surface area (Å²) >= 11 is 0. The third-order valence-electron chi connectivity index (χ3n) is 5.84. The molecule has 158 valence electrons. The summed E-state index contributed by atoms with van der Waals surface area (Å²) < 4.78 is 5.39. The van der Waals surface area contributed by atoms with Crippen LogP contribution >= 0.6 is 0 Å². The van der Waals surface area contributed by atoms with Crippen LogP contribution in [0.3, 0.4) is 0 Å². The summed E-state index contributed by atoms with van der Waals surface area (Å²) in [6, 6.07) is 16.2. The van der Waals surface area contributed by atoms with Gasteiger partial charge in [0.2, 0.25) is 11.8 Å². The first-order valence-corrected chi connectivity index (χ1v) is 10.6. The number of aryl methyl sites for hydroxylation is 1. The Bertz CT molecular complexity index is 874. The van der Waals surface area contributed by atoms with Gasteiger partial charge in [-0.2, -0.15) is 0 Å². The van der Waals surface area contributed by atoms with Gasteiger partial charge in [-0.3, -0.25) is 14.5 Å². The average molecular weight is 408 g/mol. The third-order valence-corrected chi connectivity index (χ3v) is 5.84. The Morgan fingerprint density at radius 3 is 2.40 bits per heavy atom. The molecule has 2 aromatic carbocycles. The number of carbonyl (C=O) groups is 2. The van der Waals surface area contributed by atoms with E-state index in [-0.39, 0.29) is 24.2 Å². The first-order chi connectivity index (χ1) is 14.6. The topological polar surface area (TPSA) is 61.9 Å². The van der Waals surface area contributed by atoms with Crippen LogP contribution in [0, 0.1) is 12.8 Å². The summed E-state index contributed by atoms with van der Waals surface area (Å²) in [6.45, 7) is 7.40. The molecule has 6 nitrogen and oxygen atoms in total. The molecule has 2 amide bonds. The molecular formula is C24H29N3O3. The Morgan fingerprint density at radius 1 is 1.03 bits per heavy atom. The number of nitrogens with zero attached hydrogens (tertiary/aromatic N) is 2. The summed E-state index contributed by atoms with van der Waals surface area (Å²) in [6.07, 6.45) is 0.262. The fraction of sp³-hybridized carbons (Fsp3) is 0.417. The molecule has 2 heterocycles. The molecule has 1 atom stereocenters. The van der Waals surface area contributed by atoms with Crippen molar-refractivity contribution in [1.82, 2.24) is 10.2 Å². The van der Waals surface area contributed by atoms with Crippen LogP contribution in [0.15, 0.2) is 48.5 Å². The maximum atomic E-state index is 12.6. The molecule has 2 aliphatic heterocycles. The Balaban J connectivity index is 1.27. The van der Waals surface area contributed by atoms with E-state index in [2.05, 4.69) is 34.5 Å². The highest BCUT2D eigenvalue weighted by Gasteiger charge is 2.34. The number of nitrogens with one attached hydrogen (secondary N) is 1. The lowest BCUT2D eigenvalue weighted by molar-refractivity contribution is -0.126. The minimum atomic E-state index is -0.306. The van der Waals surface area contributed by atoms with E-state index in [1.807, 2.05) is 31.2 Å². The van der Waals surface area contributed by atoms with E-state index in [0.717, 1.165) is 49.7 Å². The van der Waals surface area contributed by atoms with E-state index in [0.29, 0.717) is 13.1 Å². The molecule has 0 aliphatic carbocycles. The third kappa shape index (κ3) is 5.07. The van der Waals surface area contributed by atoms with Gasteiger partial charge in [0.1, 0.15) is 0 Å². The fourth-order valence-corrected chi connectivity index (χ4v) is 3.97. The van der Waals surface area contributed by atoms with Crippen LogP contribution in [-0.4, -0.2) is 49.6 Å². The lowest BCUT2D eigenvalue weighted by Gasteiger charge is -2.26. The second-order valence-corrected chi connectivity index (χ2v) is 8.16. The second kappa shape index (κ2) is 9.41. The van der Waals surface area contributed by atoms with E-state index >= 15 is 0 Å². The molecule has 2 aromatic rings. The van der Waals surface area contributed by atoms with Gasteiger partial charge in [0.15, 0.2) is 0 Å². The maximum Gasteiger partial charge on any atom is 0.227 e. The highest BCUT2D eigenvalue weighted by molar-refractivity contribution is 6.00. The Kier molecular flexibility index (Phi) is 6.45. The van der Waals surface area contributed by atoms with E-state index in [9.17, 15) is 9.59 Å². The largest absolute Gasteiger partial charge is 0.379 e. The van der Waals surface area contributed by atoms with Gasteiger partial charge in [-0.25, -0.2) is 0 Å². The lowest BCUT2D eigenvalue weighted by atomic mass is 10.1. The van der Waals surface area contributed by atoms with Crippen molar-refractivity contribution >= 4 is 17.5 Å². The van der Waals surface area contributed by atoms with Crippen molar-refractivity contribution in [3.8, 4) is 0 Å². The summed E-state index contributed by atoms with van der Waals surface area (Å²) in [5.74, 6) is -0.360. The van der Waals surface area contributed by atoms with Crippen molar-refractivity contribution in [3.05, 3.63) is 65.2 Å². The minimum absolute atomic E-state index is 0.00599. The lowest BCUT2D eigenvalue weighted by Crippen LogP contribution is -2.35. The normalized spacial score (nSPS) is 19.8. The van der Waals surface area contributed by atoms with Crippen LogP contribution in [0.5, 0.6) is 0 Å². The molecule has 2 fully saturated rings. The number of benzene rings is 2. The number of morpholine rings is 1. The second-order valence-electron chi connectivity index (χ2n) is 8.16. The number of ether oxygens (including phenoxy) is 1. The van der Waals surface area contributed by atoms with Gasteiger partial charge in [-0.1, -0.05) is 42.0 Å². The van der Waals surface area contributed by atoms with Gasteiger partial charge in [-0.15, -0.1) is 0 Å². The number of anilines is 1. The van der Waals surface area contributed by atoms with Crippen molar-refractivity contribution in [2.75, 3.05) is 37.7 Å². The molecule has 30 heavy (non-hydrogen) atoms. The predicted octanol–water partition coefficient (Wildman–Crippen LogP) is 2.50. The van der Waals surface area contributed by atoms with Gasteiger partial charge in [0.25, 0.3) is 0 Å². The molecule has 0 radical (unpaired) electrons. The zero-order chi connectivity index (χ0) is 20.9. The number of rotatable bonds is 6. The minimum Gasteiger partial charge on any atom is -0.379 e. The van der Waals surface area contributed by atoms with Crippen LogP contribution in [-0.2, 0) is 27.4 Å². The standard InChI is InChI=1S/C24H29N3O3/c1-18-2-8-22(9-3-18)27-17-21(14-23(27)28)24(29)25-15-19-4-6-20(7-5-19)16-26-10-12-30-13-11-26/h2-9,21H,10-17H2,1H3,(H,25,29). The molecule has 0 saturated carbocycles. The van der Waals surface area contributed by atoms with Crippen molar-refractivity contribution < 1.29 is 14.3 Å². The molecule has 0 spiro atoms. The molecule has 1 unspecified atom stereocenters. The molecule has 2 saturated heterocycles. The smallest absolute Gasteiger partial charge is 0.227 e. The van der Waals surface area contributed by atoms with Gasteiger partial charge in [0, 0.05) is 44.8 Å². The number of hydrogen-bond acceptors (Lipinski definition) is 4. The van der Waals surface area contributed by atoms with Gasteiger partial charge < -0.3 is 15.0 Å². The Labute approximate surface area is 177 Å². The van der Waals surface area contributed by atoms with Gasteiger partial charge >= 0.3 is 0 Å². The Hall–Kier alpha value is -2.70. The zero-order valence-corrected chi connectivity index (χ0v) is 17.5. The first kappa shape index (κ1) is 20.6. The molecule has 6 heteroatoms. The number of hydrogen-bond donors (Lipinski definition) is 1. The number of carbonyl (C=O) groups excluding carboxylic acids is 2. The highest BCUT2D eigenvalue weighted by atomic mass is 16.5. The molecule has 0 aromatic heterocycles. The van der Waals surface area contributed by atoms with E-state index in [4.69, 9.17) is 4.74 Å². The first-order valence-electron chi connectivity index (χ1n) is 10.6. The van der Waals surface area contributed by atoms with Crippen molar-refractivity contribution in [3.63, 3.8) is 0 Å². The average Bonchev–Trinajstić information content (AvgIpc) is 3.16. The van der Waals surface area contributed by atoms with Crippen LogP contribution in [0.1, 0.15) is 23.1 Å². The summed E-state index contributed by atoms with van der Waals surface area (Å²) in [7, 11) is 0. The van der Waals surface area contributed by atoms with Crippen LogP contribution < -0.4 is 10.2 Å². The Morgan fingerprint density at radius 2 is 1.70 bits per heavy atom. The van der Waals surface area contributed by atoms with Gasteiger partial charge in [-0.05, 0) is 30.2 Å². The van der Waals surface area contributed by atoms with Crippen molar-refractivity contribution in [2.24, 2.45) is 5.92 Å². The zero-order valence-electron chi connectivity index (χ0n) is 17.5. The number of amides is 2. The van der Waals surface area contributed by atoms with Gasteiger partial charge in [0.05, 0.1) is 19.1 Å². The predicted molar refractivity (Wildman–Crippen MR) is 116 cm³/mol. The van der Waals surface area contributed by atoms with Crippen molar-refractivity contribution in [2.45, 2.75) is 26.4 Å². The summed E-state index contributed by atoms with van der Waals surface area (Å²) in [5, 5.41) is 3.00. The quantitative estimate of drug-likeness (QED) is 0.799. The van der Waals surface area contributed by atoms with Crippen molar-refractivity contribution in [1.29, 1.82) is 0 Å². The fourth-order valence-electron chi connectivity index (χ4n) is 3.97. The van der Waals surface area contributed by atoms with Crippen LogP contribution in [0.4, 0.5) is 5.69 Å². The SMILES string of the molecule is Cc1ccc(N2CC(C(=O)NCc3ccc(CN4CCOCC4)cc3)CC2=O)cc1. The maximum absolute atomic E-state index is 12.6. The monoisotopic (exact) mass is 407 g/mol. The summed E-state index contributed by atoms with van der Waals surface area (Å²) in [4.78, 5) is 29.1. The molecular weight excluding hydrogens is 378 g/mol. The van der Waals surface area contributed by atoms with E-state index < -0.39 is 0 Å². The van der Waals surface area contributed by atoms with E-state index in [1.54, 1.807) is 4.90 Å².